The van der Waals surface area contributed by atoms with Crippen molar-refractivity contribution in [2.45, 2.75) is 12.8 Å². The Kier molecular flexibility index (Phi) is 7.52. The van der Waals surface area contributed by atoms with Crippen molar-refractivity contribution in [3.8, 4) is 11.5 Å². The number of carbonyl (C=O) groups is 1. The molecule has 9 heteroatoms. The number of rotatable bonds is 7. The molecule has 0 bridgehead atoms. The van der Waals surface area contributed by atoms with Gasteiger partial charge in [0.15, 0.2) is 11.5 Å². The molecule has 0 aliphatic carbocycles. The number of nitrogens with one attached hydrogen (secondary N) is 1. The summed E-state index contributed by atoms with van der Waals surface area (Å²) in [5.41, 5.74) is 0.717. The minimum atomic E-state index is -3.13. The molecule has 0 atom stereocenters. The Bertz CT molecular complexity index is 802. The average molecular weight is 417 g/mol. The second-order valence-corrected chi connectivity index (χ2v) is 8.81. The van der Waals surface area contributed by atoms with E-state index in [2.05, 4.69) is 5.32 Å². The van der Waals surface area contributed by atoms with Gasteiger partial charge in [-0.05, 0) is 42.5 Å². The van der Waals surface area contributed by atoms with E-state index in [4.69, 9.17) is 21.1 Å². The van der Waals surface area contributed by atoms with Gasteiger partial charge in [0.2, 0.25) is 15.9 Å². The molecule has 0 spiro atoms. The fraction of sp³-hybridized carbons (Fsp3) is 0.500. The lowest BCUT2D eigenvalue weighted by Gasteiger charge is -2.30. The molecule has 1 saturated heterocycles. The van der Waals surface area contributed by atoms with Crippen LogP contribution in [0.3, 0.4) is 0 Å². The number of ether oxygens (including phenoxy) is 2. The number of hydrogen-bond donors (Lipinski definition) is 1. The molecule has 1 N–H and O–H groups in total. The number of nitrogens with zero attached hydrogens (tertiary/aromatic N) is 1. The number of piperidine rings is 1. The Hall–Kier alpha value is -1.77. The number of sulfonamides is 1. The third-order valence-electron chi connectivity index (χ3n) is 4.49. The predicted octanol–water partition coefficient (Wildman–Crippen LogP) is 2.16. The minimum absolute atomic E-state index is 0.216. The second kappa shape index (κ2) is 9.43. The topological polar surface area (TPSA) is 84.9 Å². The molecule has 1 aromatic carbocycles. The summed E-state index contributed by atoms with van der Waals surface area (Å²) in [6.45, 7) is 1.52. The Morgan fingerprint density at radius 1 is 1.30 bits per heavy atom. The highest BCUT2D eigenvalue weighted by atomic mass is 35.5. The SMILES string of the molecule is COc1cc(/C=C/C(=O)NCC2CCN(S(C)(=O)=O)CC2)cc(Cl)c1OC. The van der Waals surface area contributed by atoms with Crippen molar-refractivity contribution < 1.29 is 22.7 Å². The van der Waals surface area contributed by atoms with Crippen molar-refractivity contribution in [2.24, 2.45) is 5.92 Å². The molecule has 1 aliphatic rings. The van der Waals surface area contributed by atoms with E-state index in [1.807, 2.05) is 0 Å². The summed E-state index contributed by atoms with van der Waals surface area (Å²) in [4.78, 5) is 12.1. The molecule has 1 aromatic rings. The van der Waals surface area contributed by atoms with Crippen LogP contribution in [0.15, 0.2) is 18.2 Å². The molecule has 27 heavy (non-hydrogen) atoms. The lowest BCUT2D eigenvalue weighted by atomic mass is 9.98. The van der Waals surface area contributed by atoms with Gasteiger partial charge in [-0.2, -0.15) is 0 Å². The van der Waals surface area contributed by atoms with E-state index in [0.29, 0.717) is 41.7 Å². The van der Waals surface area contributed by atoms with Crippen LogP contribution in [0.25, 0.3) is 6.08 Å². The van der Waals surface area contributed by atoms with Crippen LogP contribution >= 0.6 is 11.6 Å². The number of hydrogen-bond acceptors (Lipinski definition) is 5. The Labute approximate surface area is 165 Å². The monoisotopic (exact) mass is 416 g/mol. The van der Waals surface area contributed by atoms with Gasteiger partial charge in [-0.3, -0.25) is 4.79 Å². The smallest absolute Gasteiger partial charge is 0.244 e. The van der Waals surface area contributed by atoms with Crippen LogP contribution in [-0.4, -0.2) is 58.7 Å². The first-order valence-electron chi connectivity index (χ1n) is 8.57. The maximum Gasteiger partial charge on any atom is 0.244 e. The van der Waals surface area contributed by atoms with Gasteiger partial charge in [-0.25, -0.2) is 12.7 Å². The number of amides is 1. The zero-order valence-electron chi connectivity index (χ0n) is 15.7. The molecule has 1 fully saturated rings. The molecule has 0 radical (unpaired) electrons. The van der Waals surface area contributed by atoms with Crippen LogP contribution in [0.1, 0.15) is 18.4 Å². The number of methoxy groups -OCH3 is 2. The summed E-state index contributed by atoms with van der Waals surface area (Å²) in [7, 11) is -0.105. The predicted molar refractivity (Wildman–Crippen MR) is 106 cm³/mol. The number of halogens is 1. The molecule has 1 heterocycles. The van der Waals surface area contributed by atoms with E-state index in [1.165, 1.54) is 30.9 Å². The van der Waals surface area contributed by atoms with E-state index in [1.54, 1.807) is 18.2 Å². The summed E-state index contributed by atoms with van der Waals surface area (Å²) in [5, 5.41) is 3.26. The standard InChI is InChI=1S/C18H25ClN2O5S/c1-25-16-11-14(10-15(19)18(16)26-2)4-5-17(22)20-12-13-6-8-21(9-7-13)27(3,23)24/h4-5,10-11,13H,6-9,12H2,1-3H3,(H,20,22)/b5-4+. The summed E-state index contributed by atoms with van der Waals surface area (Å²) in [6.07, 6.45) is 5.78. The molecule has 0 aromatic heterocycles. The third kappa shape index (κ3) is 6.12. The fourth-order valence-electron chi connectivity index (χ4n) is 2.95. The Morgan fingerprint density at radius 2 is 1.96 bits per heavy atom. The van der Waals surface area contributed by atoms with Gasteiger partial charge in [0.05, 0.1) is 25.5 Å². The van der Waals surface area contributed by atoms with Crippen LogP contribution in [-0.2, 0) is 14.8 Å². The van der Waals surface area contributed by atoms with Crippen molar-refractivity contribution in [3.05, 3.63) is 28.8 Å². The van der Waals surface area contributed by atoms with Crippen molar-refractivity contribution in [2.75, 3.05) is 40.1 Å². The fourth-order valence-corrected chi connectivity index (χ4v) is 4.13. The second-order valence-electron chi connectivity index (χ2n) is 6.42. The highest BCUT2D eigenvalue weighted by molar-refractivity contribution is 7.88. The quantitative estimate of drug-likeness (QED) is 0.688. The van der Waals surface area contributed by atoms with E-state index in [0.717, 1.165) is 12.8 Å². The highest BCUT2D eigenvalue weighted by Crippen LogP contribution is 2.36. The van der Waals surface area contributed by atoms with Gasteiger partial charge in [-0.15, -0.1) is 0 Å². The summed E-state index contributed by atoms with van der Waals surface area (Å²) in [5.74, 6) is 0.992. The maximum atomic E-state index is 12.1. The Morgan fingerprint density at radius 3 is 2.52 bits per heavy atom. The molecule has 1 amide bonds. The van der Waals surface area contributed by atoms with E-state index in [9.17, 15) is 13.2 Å². The Balaban J connectivity index is 1.87. The van der Waals surface area contributed by atoms with Crippen LogP contribution < -0.4 is 14.8 Å². The zero-order valence-corrected chi connectivity index (χ0v) is 17.3. The maximum absolute atomic E-state index is 12.1. The molecule has 150 valence electrons. The lowest BCUT2D eigenvalue weighted by Crippen LogP contribution is -2.40. The van der Waals surface area contributed by atoms with Gasteiger partial charge in [0.25, 0.3) is 0 Å². The molecule has 0 saturated carbocycles. The number of carbonyl (C=O) groups excluding carboxylic acids is 1. The van der Waals surface area contributed by atoms with Gasteiger partial charge >= 0.3 is 0 Å². The first kappa shape index (κ1) is 21.5. The van der Waals surface area contributed by atoms with Gasteiger partial charge in [0.1, 0.15) is 0 Å². The zero-order chi connectivity index (χ0) is 20.0. The number of benzene rings is 1. The van der Waals surface area contributed by atoms with Gasteiger partial charge in [-0.1, -0.05) is 11.6 Å². The van der Waals surface area contributed by atoms with Crippen LogP contribution in [0.2, 0.25) is 5.02 Å². The summed E-state index contributed by atoms with van der Waals surface area (Å²) < 4.78 is 34.9. The molecule has 1 aliphatic heterocycles. The minimum Gasteiger partial charge on any atom is -0.493 e. The first-order chi connectivity index (χ1) is 12.7. The highest BCUT2D eigenvalue weighted by Gasteiger charge is 2.24. The third-order valence-corrected chi connectivity index (χ3v) is 6.07. The molecule has 0 unspecified atom stereocenters. The van der Waals surface area contributed by atoms with Crippen LogP contribution in [0.5, 0.6) is 11.5 Å². The summed E-state index contributed by atoms with van der Waals surface area (Å²) in [6, 6.07) is 3.42. The average Bonchev–Trinajstić information content (AvgIpc) is 2.63. The van der Waals surface area contributed by atoms with Crippen LogP contribution in [0.4, 0.5) is 0 Å². The summed E-state index contributed by atoms with van der Waals surface area (Å²) >= 11 is 6.15. The largest absolute Gasteiger partial charge is 0.493 e. The van der Waals surface area contributed by atoms with E-state index < -0.39 is 10.0 Å². The molecule has 2 rings (SSSR count). The van der Waals surface area contributed by atoms with Crippen molar-refractivity contribution in [1.29, 1.82) is 0 Å². The normalized spacial score (nSPS) is 16.4. The van der Waals surface area contributed by atoms with Gasteiger partial charge < -0.3 is 14.8 Å². The lowest BCUT2D eigenvalue weighted by molar-refractivity contribution is -0.116. The molecular formula is C18H25ClN2O5S. The molecule has 7 nitrogen and oxygen atoms in total. The van der Waals surface area contributed by atoms with Gasteiger partial charge in [0, 0.05) is 25.7 Å². The van der Waals surface area contributed by atoms with Crippen LogP contribution in [0, 0.1) is 5.92 Å². The first-order valence-corrected chi connectivity index (χ1v) is 10.8. The molecular weight excluding hydrogens is 392 g/mol. The van der Waals surface area contributed by atoms with Crippen molar-refractivity contribution in [3.63, 3.8) is 0 Å². The van der Waals surface area contributed by atoms with E-state index in [-0.39, 0.29) is 11.8 Å². The van der Waals surface area contributed by atoms with Crippen molar-refractivity contribution in [1.82, 2.24) is 9.62 Å². The van der Waals surface area contributed by atoms with E-state index >= 15 is 0 Å². The van der Waals surface area contributed by atoms with Crippen molar-refractivity contribution >= 4 is 33.6 Å².